The monoisotopic (exact) mass is 236 g/mol. The molecule has 0 aliphatic heterocycles. The van der Waals surface area contributed by atoms with E-state index in [2.05, 4.69) is 23.6 Å². The van der Waals surface area contributed by atoms with Crippen LogP contribution in [0.3, 0.4) is 0 Å². The molecule has 0 atom stereocenters. The standard InChI is InChI=1S/C12H12OS2/c13-9-10(12-4-2-8-15-12)5-6-11-3-1-7-14-11/h1-5,7-8,13H,6,9H2/b10-5+. The fourth-order valence-corrected chi connectivity index (χ4v) is 2.79. The van der Waals surface area contributed by atoms with E-state index < -0.39 is 0 Å². The average Bonchev–Trinajstić information content (AvgIpc) is 2.90. The summed E-state index contributed by atoms with van der Waals surface area (Å²) in [6, 6.07) is 8.22. The highest BCUT2D eigenvalue weighted by atomic mass is 32.1. The molecule has 0 aliphatic rings. The van der Waals surface area contributed by atoms with Gasteiger partial charge < -0.3 is 5.11 Å². The largest absolute Gasteiger partial charge is 0.392 e. The third-order valence-corrected chi connectivity index (χ3v) is 3.98. The van der Waals surface area contributed by atoms with E-state index in [4.69, 9.17) is 0 Å². The van der Waals surface area contributed by atoms with E-state index >= 15 is 0 Å². The minimum atomic E-state index is 0.117. The van der Waals surface area contributed by atoms with Crippen molar-refractivity contribution in [3.63, 3.8) is 0 Å². The van der Waals surface area contributed by atoms with Crippen molar-refractivity contribution in [2.45, 2.75) is 6.42 Å². The van der Waals surface area contributed by atoms with Gasteiger partial charge in [0, 0.05) is 16.2 Å². The van der Waals surface area contributed by atoms with Crippen molar-refractivity contribution in [2.24, 2.45) is 0 Å². The molecule has 0 radical (unpaired) electrons. The Morgan fingerprint density at radius 1 is 1.20 bits per heavy atom. The molecule has 2 aromatic heterocycles. The van der Waals surface area contributed by atoms with Crippen LogP contribution in [0.15, 0.2) is 41.1 Å². The molecule has 2 rings (SSSR count). The van der Waals surface area contributed by atoms with Crippen LogP contribution >= 0.6 is 22.7 Å². The van der Waals surface area contributed by atoms with Crippen molar-refractivity contribution >= 4 is 28.2 Å². The van der Waals surface area contributed by atoms with Gasteiger partial charge in [0.25, 0.3) is 0 Å². The Morgan fingerprint density at radius 3 is 2.60 bits per heavy atom. The SMILES string of the molecule is OC/C(=C\Cc1cccs1)c1cccs1. The number of rotatable bonds is 4. The molecule has 2 aromatic rings. The predicted octanol–water partition coefficient (Wildman–Crippen LogP) is 3.43. The minimum absolute atomic E-state index is 0.117. The number of hydrogen-bond acceptors (Lipinski definition) is 3. The third-order valence-electron chi connectivity index (χ3n) is 2.14. The molecule has 0 aromatic carbocycles. The molecule has 15 heavy (non-hydrogen) atoms. The van der Waals surface area contributed by atoms with Crippen LogP contribution in [0.5, 0.6) is 0 Å². The Bertz CT molecular complexity index is 412. The quantitative estimate of drug-likeness (QED) is 0.862. The Hall–Kier alpha value is -0.900. The first-order valence-corrected chi connectivity index (χ1v) is 6.52. The lowest BCUT2D eigenvalue weighted by Gasteiger charge is -1.99. The molecule has 0 unspecified atom stereocenters. The lowest BCUT2D eigenvalue weighted by molar-refractivity contribution is 0.350. The first kappa shape index (κ1) is 10.6. The van der Waals surface area contributed by atoms with Crippen LogP contribution in [0.4, 0.5) is 0 Å². The van der Waals surface area contributed by atoms with Crippen molar-refractivity contribution < 1.29 is 5.11 Å². The van der Waals surface area contributed by atoms with Gasteiger partial charge >= 0.3 is 0 Å². The van der Waals surface area contributed by atoms with E-state index in [1.165, 1.54) is 4.88 Å². The van der Waals surface area contributed by atoms with Crippen LogP contribution < -0.4 is 0 Å². The second-order valence-corrected chi connectivity index (χ2v) is 5.13. The average molecular weight is 236 g/mol. The third kappa shape index (κ3) is 2.78. The summed E-state index contributed by atoms with van der Waals surface area (Å²) in [5.74, 6) is 0. The zero-order valence-electron chi connectivity index (χ0n) is 8.22. The maximum Gasteiger partial charge on any atom is 0.0692 e. The first-order chi connectivity index (χ1) is 7.40. The first-order valence-electron chi connectivity index (χ1n) is 4.76. The molecule has 0 fully saturated rings. The van der Waals surface area contributed by atoms with Crippen molar-refractivity contribution in [3.05, 3.63) is 50.9 Å². The summed E-state index contributed by atoms with van der Waals surface area (Å²) >= 11 is 3.42. The number of hydrogen-bond donors (Lipinski definition) is 1. The fourth-order valence-electron chi connectivity index (χ4n) is 1.36. The minimum Gasteiger partial charge on any atom is -0.392 e. The van der Waals surface area contributed by atoms with E-state index in [1.54, 1.807) is 22.7 Å². The zero-order valence-corrected chi connectivity index (χ0v) is 9.85. The van der Waals surface area contributed by atoms with Crippen LogP contribution in [0.1, 0.15) is 9.75 Å². The van der Waals surface area contributed by atoms with E-state index in [1.807, 2.05) is 17.5 Å². The maximum atomic E-state index is 9.27. The van der Waals surface area contributed by atoms with Gasteiger partial charge in [0.2, 0.25) is 0 Å². The molecule has 2 heterocycles. The van der Waals surface area contributed by atoms with Gasteiger partial charge in [-0.1, -0.05) is 18.2 Å². The lowest BCUT2D eigenvalue weighted by Crippen LogP contribution is -1.88. The van der Waals surface area contributed by atoms with Gasteiger partial charge in [0.05, 0.1) is 6.61 Å². The van der Waals surface area contributed by atoms with Crippen molar-refractivity contribution in [1.82, 2.24) is 0 Å². The molecule has 1 nitrogen and oxygen atoms in total. The highest BCUT2D eigenvalue weighted by Gasteiger charge is 2.00. The topological polar surface area (TPSA) is 20.2 Å². The molecule has 0 spiro atoms. The van der Waals surface area contributed by atoms with E-state index in [-0.39, 0.29) is 6.61 Å². The van der Waals surface area contributed by atoms with Gasteiger partial charge in [-0.25, -0.2) is 0 Å². The molecule has 1 N–H and O–H groups in total. The molecule has 0 amide bonds. The molecule has 0 bridgehead atoms. The molecule has 0 saturated heterocycles. The molecular formula is C12H12OS2. The summed E-state index contributed by atoms with van der Waals surface area (Å²) in [7, 11) is 0. The number of allylic oxidation sites excluding steroid dienone is 1. The van der Waals surface area contributed by atoms with Crippen molar-refractivity contribution in [2.75, 3.05) is 6.61 Å². The van der Waals surface area contributed by atoms with Crippen molar-refractivity contribution in [3.8, 4) is 0 Å². The molecule has 3 heteroatoms. The van der Waals surface area contributed by atoms with Crippen molar-refractivity contribution in [1.29, 1.82) is 0 Å². The molecule has 0 saturated carbocycles. The summed E-state index contributed by atoms with van der Waals surface area (Å²) in [5, 5.41) is 13.4. The second-order valence-electron chi connectivity index (χ2n) is 3.15. The Labute approximate surface area is 97.3 Å². The summed E-state index contributed by atoms with van der Waals surface area (Å²) < 4.78 is 0. The molecule has 0 aliphatic carbocycles. The van der Waals surface area contributed by atoms with Crippen LogP contribution in [0.2, 0.25) is 0 Å². The summed E-state index contributed by atoms with van der Waals surface area (Å²) in [6.45, 7) is 0.117. The van der Waals surface area contributed by atoms with Gasteiger partial charge in [-0.2, -0.15) is 0 Å². The van der Waals surface area contributed by atoms with Gasteiger partial charge in [-0.05, 0) is 28.5 Å². The second kappa shape index (κ2) is 5.26. The Kier molecular flexibility index (Phi) is 3.72. The number of thiophene rings is 2. The van der Waals surface area contributed by atoms with E-state index in [0.29, 0.717) is 0 Å². The Morgan fingerprint density at radius 2 is 2.00 bits per heavy atom. The van der Waals surface area contributed by atoms with Gasteiger partial charge in [-0.3, -0.25) is 0 Å². The van der Waals surface area contributed by atoms with Crippen LogP contribution in [-0.4, -0.2) is 11.7 Å². The highest BCUT2D eigenvalue weighted by molar-refractivity contribution is 7.11. The molecule has 78 valence electrons. The maximum absolute atomic E-state index is 9.27. The van der Waals surface area contributed by atoms with Gasteiger partial charge in [-0.15, -0.1) is 22.7 Å². The lowest BCUT2D eigenvalue weighted by atomic mass is 10.2. The normalized spacial score (nSPS) is 11.9. The van der Waals surface area contributed by atoms with Crippen LogP contribution in [0, 0.1) is 0 Å². The summed E-state index contributed by atoms with van der Waals surface area (Å²) in [5.41, 5.74) is 1.03. The van der Waals surface area contributed by atoms with Crippen LogP contribution in [-0.2, 0) is 6.42 Å². The number of aliphatic hydroxyl groups is 1. The number of aliphatic hydroxyl groups excluding tert-OH is 1. The van der Waals surface area contributed by atoms with E-state index in [9.17, 15) is 5.11 Å². The summed E-state index contributed by atoms with van der Waals surface area (Å²) in [6.07, 6.45) is 3.02. The van der Waals surface area contributed by atoms with E-state index in [0.717, 1.165) is 16.9 Å². The highest BCUT2D eigenvalue weighted by Crippen LogP contribution is 2.21. The fraction of sp³-hybridized carbons (Fsp3) is 0.167. The Balaban J connectivity index is 2.10. The van der Waals surface area contributed by atoms with Crippen LogP contribution in [0.25, 0.3) is 5.57 Å². The molecular weight excluding hydrogens is 224 g/mol. The summed E-state index contributed by atoms with van der Waals surface area (Å²) in [4.78, 5) is 2.49. The predicted molar refractivity (Wildman–Crippen MR) is 67.4 cm³/mol. The van der Waals surface area contributed by atoms with Gasteiger partial charge in [0.15, 0.2) is 0 Å². The van der Waals surface area contributed by atoms with Gasteiger partial charge in [0.1, 0.15) is 0 Å². The zero-order chi connectivity index (χ0) is 10.5. The smallest absolute Gasteiger partial charge is 0.0692 e.